The fourth-order valence-corrected chi connectivity index (χ4v) is 3.93. The van der Waals surface area contributed by atoms with Gasteiger partial charge in [-0.15, -0.1) is 0 Å². The molecule has 0 aliphatic rings. The Kier molecular flexibility index (Phi) is 7.34. The predicted molar refractivity (Wildman–Crippen MR) is 107 cm³/mol. The quantitative estimate of drug-likeness (QED) is 0.522. The van der Waals surface area contributed by atoms with Crippen molar-refractivity contribution in [1.29, 1.82) is 0 Å². The summed E-state index contributed by atoms with van der Waals surface area (Å²) < 4.78 is 31.5. The van der Waals surface area contributed by atoms with Crippen LogP contribution in [0.5, 0.6) is 0 Å². The van der Waals surface area contributed by atoms with Crippen LogP contribution in [0.4, 0.5) is 23.0 Å². The minimum atomic E-state index is -3.49. The summed E-state index contributed by atoms with van der Waals surface area (Å²) in [6.45, 7) is 5.56. The Morgan fingerprint density at radius 1 is 1.11 bits per heavy atom. The van der Waals surface area contributed by atoms with Crippen LogP contribution in [0.3, 0.4) is 0 Å². The first-order chi connectivity index (χ1) is 12.9. The number of sulfonamides is 1. The van der Waals surface area contributed by atoms with E-state index in [2.05, 4.69) is 20.6 Å². The van der Waals surface area contributed by atoms with E-state index in [0.717, 1.165) is 0 Å². The Hall–Kier alpha value is -2.43. The van der Waals surface area contributed by atoms with Crippen LogP contribution in [0.1, 0.15) is 13.8 Å². The Balaban J connectivity index is 2.16. The molecule has 148 valence electrons. The van der Waals surface area contributed by atoms with E-state index in [0.29, 0.717) is 49.3 Å². The molecule has 0 amide bonds. The summed E-state index contributed by atoms with van der Waals surface area (Å²) >= 11 is 0. The number of anilines is 4. The van der Waals surface area contributed by atoms with Crippen molar-refractivity contribution in [2.75, 3.05) is 49.7 Å². The van der Waals surface area contributed by atoms with Crippen LogP contribution in [-0.2, 0) is 14.8 Å². The van der Waals surface area contributed by atoms with Crippen molar-refractivity contribution in [2.45, 2.75) is 18.7 Å². The number of hydrogen-bond donors (Lipinski definition) is 3. The zero-order valence-corrected chi connectivity index (χ0v) is 16.6. The summed E-state index contributed by atoms with van der Waals surface area (Å²) in [6, 6.07) is 6.47. The summed E-state index contributed by atoms with van der Waals surface area (Å²) in [6.07, 6.45) is 1.40. The molecule has 4 N–H and O–H groups in total. The Labute approximate surface area is 160 Å². The van der Waals surface area contributed by atoms with E-state index in [9.17, 15) is 8.42 Å². The number of nitrogen functional groups attached to an aromatic ring is 1. The summed E-state index contributed by atoms with van der Waals surface area (Å²) in [7, 11) is -1.87. The largest absolute Gasteiger partial charge is 0.393 e. The molecule has 1 aromatic heterocycles. The first-order valence-electron chi connectivity index (χ1n) is 8.64. The monoisotopic (exact) mass is 394 g/mol. The van der Waals surface area contributed by atoms with Gasteiger partial charge in [0.2, 0.25) is 10.0 Å². The van der Waals surface area contributed by atoms with Gasteiger partial charge in [-0.25, -0.2) is 18.4 Å². The van der Waals surface area contributed by atoms with Gasteiger partial charge in [-0.2, -0.15) is 4.31 Å². The second-order valence-electron chi connectivity index (χ2n) is 5.64. The van der Waals surface area contributed by atoms with E-state index in [-0.39, 0.29) is 4.90 Å². The zero-order valence-electron chi connectivity index (χ0n) is 15.8. The first kappa shape index (κ1) is 20.9. The van der Waals surface area contributed by atoms with Gasteiger partial charge in [-0.3, -0.25) is 0 Å². The number of methoxy groups -OCH3 is 1. The summed E-state index contributed by atoms with van der Waals surface area (Å²) in [5.74, 6) is 0.939. The lowest BCUT2D eigenvalue weighted by Gasteiger charge is -2.18. The van der Waals surface area contributed by atoms with Crippen molar-refractivity contribution in [3.63, 3.8) is 0 Å². The highest BCUT2D eigenvalue weighted by molar-refractivity contribution is 7.89. The van der Waals surface area contributed by atoms with Crippen LogP contribution in [0.2, 0.25) is 0 Å². The van der Waals surface area contributed by atoms with Crippen molar-refractivity contribution in [2.24, 2.45) is 0 Å². The molecule has 0 atom stereocenters. The van der Waals surface area contributed by atoms with Gasteiger partial charge in [0.05, 0.1) is 11.5 Å². The normalized spacial score (nSPS) is 11.6. The number of ether oxygens (including phenoxy) is 1. The third kappa shape index (κ3) is 5.06. The van der Waals surface area contributed by atoms with E-state index in [1.807, 2.05) is 13.8 Å². The molecule has 2 rings (SSSR count). The third-order valence-corrected chi connectivity index (χ3v) is 6.01. The number of nitrogens with one attached hydrogen (secondary N) is 2. The highest BCUT2D eigenvalue weighted by Gasteiger charge is 2.21. The number of nitrogens with zero attached hydrogens (tertiary/aromatic N) is 3. The number of hydrogen-bond acceptors (Lipinski definition) is 8. The molecule has 0 unspecified atom stereocenters. The van der Waals surface area contributed by atoms with E-state index in [1.54, 1.807) is 31.4 Å². The van der Waals surface area contributed by atoms with E-state index >= 15 is 0 Å². The molecule has 9 nitrogen and oxygen atoms in total. The van der Waals surface area contributed by atoms with Gasteiger partial charge in [0, 0.05) is 32.4 Å². The molecule has 0 radical (unpaired) electrons. The molecule has 0 spiro atoms. The molecule has 2 aromatic rings. The Morgan fingerprint density at radius 2 is 1.74 bits per heavy atom. The molecule has 0 aliphatic heterocycles. The molecule has 0 fully saturated rings. The van der Waals surface area contributed by atoms with Gasteiger partial charge in [-0.1, -0.05) is 13.8 Å². The van der Waals surface area contributed by atoms with Crippen molar-refractivity contribution >= 4 is 33.0 Å². The first-order valence-corrected chi connectivity index (χ1v) is 10.1. The number of aromatic nitrogens is 2. The second kappa shape index (κ2) is 9.49. The lowest BCUT2D eigenvalue weighted by atomic mass is 10.3. The van der Waals surface area contributed by atoms with Gasteiger partial charge in [-0.05, 0) is 24.3 Å². The van der Waals surface area contributed by atoms with Crippen molar-refractivity contribution in [3.8, 4) is 0 Å². The summed E-state index contributed by atoms with van der Waals surface area (Å²) in [5.41, 5.74) is 7.13. The average molecular weight is 395 g/mol. The highest BCUT2D eigenvalue weighted by Crippen LogP contribution is 2.26. The second-order valence-corrected chi connectivity index (χ2v) is 7.58. The molecular formula is C17H26N6O3S. The van der Waals surface area contributed by atoms with Gasteiger partial charge in [0.15, 0.2) is 11.6 Å². The number of nitrogens with two attached hydrogens (primary N) is 1. The van der Waals surface area contributed by atoms with Crippen molar-refractivity contribution in [1.82, 2.24) is 14.3 Å². The van der Waals surface area contributed by atoms with Crippen LogP contribution >= 0.6 is 0 Å². The summed E-state index contributed by atoms with van der Waals surface area (Å²) in [5, 5.41) is 6.15. The molecule has 0 saturated heterocycles. The van der Waals surface area contributed by atoms with Crippen LogP contribution < -0.4 is 16.4 Å². The van der Waals surface area contributed by atoms with Crippen LogP contribution in [0, 0.1) is 0 Å². The number of rotatable bonds is 10. The topological polar surface area (TPSA) is 122 Å². The van der Waals surface area contributed by atoms with Crippen LogP contribution in [0.15, 0.2) is 35.5 Å². The standard InChI is InChI=1S/C17H26N6O3S/c1-4-23(5-2)27(24,25)14-8-6-13(7-9-14)22-17-15(18)16(20-12-21-17)19-10-11-26-3/h6-9,12H,4-5,10-11,18H2,1-3H3,(H2,19,20,21,22). The van der Waals surface area contributed by atoms with Crippen molar-refractivity contribution in [3.05, 3.63) is 30.6 Å². The predicted octanol–water partition coefficient (Wildman–Crippen LogP) is 1.89. The van der Waals surface area contributed by atoms with E-state index < -0.39 is 10.0 Å². The Bertz CT molecular complexity index is 838. The zero-order chi connectivity index (χ0) is 19.9. The van der Waals surface area contributed by atoms with Gasteiger partial charge in [0.25, 0.3) is 0 Å². The molecule has 0 saturated carbocycles. The molecule has 0 bridgehead atoms. The lowest BCUT2D eigenvalue weighted by molar-refractivity contribution is 0.210. The molecular weight excluding hydrogens is 368 g/mol. The minimum Gasteiger partial charge on any atom is -0.393 e. The molecule has 0 aliphatic carbocycles. The molecule has 1 aromatic carbocycles. The molecule has 27 heavy (non-hydrogen) atoms. The van der Waals surface area contributed by atoms with Crippen molar-refractivity contribution < 1.29 is 13.2 Å². The van der Waals surface area contributed by atoms with Crippen LogP contribution in [-0.4, -0.2) is 56.0 Å². The molecule has 10 heteroatoms. The van der Waals surface area contributed by atoms with Crippen LogP contribution in [0.25, 0.3) is 0 Å². The Morgan fingerprint density at radius 3 is 2.33 bits per heavy atom. The van der Waals surface area contributed by atoms with E-state index in [1.165, 1.54) is 10.6 Å². The van der Waals surface area contributed by atoms with Gasteiger partial charge < -0.3 is 21.1 Å². The summed E-state index contributed by atoms with van der Waals surface area (Å²) in [4.78, 5) is 8.50. The highest BCUT2D eigenvalue weighted by atomic mass is 32.2. The molecule has 1 heterocycles. The SMILES string of the molecule is CCN(CC)S(=O)(=O)c1ccc(Nc2ncnc(NCCOC)c2N)cc1. The minimum absolute atomic E-state index is 0.245. The fourth-order valence-electron chi connectivity index (χ4n) is 2.47. The van der Waals surface area contributed by atoms with Gasteiger partial charge in [0.1, 0.15) is 12.0 Å². The van der Waals surface area contributed by atoms with Gasteiger partial charge >= 0.3 is 0 Å². The average Bonchev–Trinajstić information content (AvgIpc) is 2.66. The maximum atomic E-state index is 12.5. The fraction of sp³-hybridized carbons (Fsp3) is 0.412. The maximum Gasteiger partial charge on any atom is 0.243 e. The van der Waals surface area contributed by atoms with E-state index in [4.69, 9.17) is 10.5 Å². The maximum absolute atomic E-state index is 12.5. The number of benzene rings is 1. The third-order valence-electron chi connectivity index (χ3n) is 3.94. The lowest BCUT2D eigenvalue weighted by Crippen LogP contribution is -2.30. The smallest absolute Gasteiger partial charge is 0.243 e.